The topological polar surface area (TPSA) is 25.8 Å². The van der Waals surface area contributed by atoms with Crippen molar-refractivity contribution in [3.8, 4) is 0 Å². The van der Waals surface area contributed by atoms with E-state index in [-0.39, 0.29) is 0 Å². The molecule has 2 heterocycles. The maximum Gasteiger partial charge on any atom is 0.0730 e. The second-order valence-corrected chi connectivity index (χ2v) is 5.95. The molecule has 0 saturated heterocycles. The van der Waals surface area contributed by atoms with E-state index in [1.54, 1.807) is 0 Å². The minimum Gasteiger partial charge on any atom is -0.256 e. The summed E-state index contributed by atoms with van der Waals surface area (Å²) in [6.45, 7) is 0. The van der Waals surface area contributed by atoms with Gasteiger partial charge in [-0.15, -0.1) is 0 Å². The molecule has 1 atom stereocenters. The van der Waals surface area contributed by atoms with E-state index in [9.17, 15) is 0 Å². The summed E-state index contributed by atoms with van der Waals surface area (Å²) in [6, 6.07) is 11.9. The molecule has 0 bridgehead atoms. The van der Waals surface area contributed by atoms with Crippen LogP contribution in [0.3, 0.4) is 0 Å². The summed E-state index contributed by atoms with van der Waals surface area (Å²) < 4.78 is 0. The van der Waals surface area contributed by atoms with Crippen molar-refractivity contribution in [2.24, 2.45) is 0 Å². The molecule has 2 rings (SSSR count). The first kappa shape index (κ1) is 9.71. The highest BCUT2D eigenvalue weighted by atomic mass is 32.0. The van der Waals surface area contributed by atoms with Crippen LogP contribution in [-0.2, 0) is 0 Å². The molecular weight excluding hydrogens is 210 g/mol. The van der Waals surface area contributed by atoms with Gasteiger partial charge in [0, 0.05) is 20.0 Å². The molecule has 2 aromatic heterocycles. The molecule has 0 radical (unpaired) electrons. The zero-order chi connectivity index (χ0) is 9.80. The summed E-state index contributed by atoms with van der Waals surface area (Å²) in [5.41, 5.74) is 2.18. The van der Waals surface area contributed by atoms with E-state index < -0.39 is 7.61 Å². The molecule has 0 amide bonds. The smallest absolute Gasteiger partial charge is 0.0730 e. The van der Waals surface area contributed by atoms with Crippen LogP contribution < -0.4 is 10.9 Å². The molecule has 14 heavy (non-hydrogen) atoms. The third kappa shape index (κ3) is 2.15. The second kappa shape index (κ2) is 4.59. The molecule has 0 aromatic carbocycles. The van der Waals surface area contributed by atoms with Crippen molar-refractivity contribution < 1.29 is 0 Å². The normalized spacial score (nSPS) is 10.4. The summed E-state index contributed by atoms with van der Waals surface area (Å²) in [4.78, 5) is 8.65. The number of pyridine rings is 2. The van der Waals surface area contributed by atoms with Gasteiger partial charge < -0.3 is 0 Å². The van der Waals surface area contributed by atoms with Crippen LogP contribution in [0.2, 0.25) is 0 Å². The van der Waals surface area contributed by atoms with Crippen LogP contribution in [0.4, 0.5) is 0 Å². The zero-order valence-corrected chi connectivity index (χ0v) is 9.59. The number of aromatic nitrogens is 2. The summed E-state index contributed by atoms with van der Waals surface area (Å²) in [6.07, 6.45) is 3.63. The van der Waals surface area contributed by atoms with Crippen LogP contribution in [0.15, 0.2) is 48.8 Å². The van der Waals surface area contributed by atoms with Crippen LogP contribution in [0.1, 0.15) is 0 Å². The van der Waals surface area contributed by atoms with Gasteiger partial charge in [0.25, 0.3) is 0 Å². The molecule has 1 unspecified atom stereocenters. The van der Waals surface area contributed by atoms with Gasteiger partial charge in [0.2, 0.25) is 0 Å². The summed E-state index contributed by atoms with van der Waals surface area (Å²) >= 11 is 0. The average Bonchev–Trinajstić information content (AvgIpc) is 2.30. The SMILES string of the molecule is PP(c1ccccn1)c1ccccn1. The van der Waals surface area contributed by atoms with Crippen molar-refractivity contribution in [3.05, 3.63) is 48.8 Å². The Labute approximate surface area is 86.7 Å². The van der Waals surface area contributed by atoms with Gasteiger partial charge >= 0.3 is 0 Å². The van der Waals surface area contributed by atoms with Crippen LogP contribution in [0.25, 0.3) is 0 Å². The Morgan fingerprint density at radius 2 is 1.36 bits per heavy atom. The van der Waals surface area contributed by atoms with E-state index in [0.29, 0.717) is 0 Å². The molecule has 0 spiro atoms. The Morgan fingerprint density at radius 1 is 0.857 bits per heavy atom. The highest BCUT2D eigenvalue weighted by Gasteiger charge is 2.08. The minimum atomic E-state index is -0.476. The van der Waals surface area contributed by atoms with Gasteiger partial charge in [-0.2, -0.15) is 0 Å². The first-order valence-electron chi connectivity index (χ1n) is 4.25. The van der Waals surface area contributed by atoms with Gasteiger partial charge in [0.05, 0.1) is 10.9 Å². The Morgan fingerprint density at radius 3 is 1.71 bits per heavy atom. The molecule has 0 aliphatic rings. The first-order valence-corrected chi connectivity index (χ1v) is 7.21. The van der Waals surface area contributed by atoms with E-state index in [1.165, 1.54) is 0 Å². The summed E-state index contributed by atoms with van der Waals surface area (Å²) in [5, 5.41) is 0. The molecule has 0 aliphatic heterocycles. The Bertz CT molecular complexity index is 352. The highest BCUT2D eigenvalue weighted by Crippen LogP contribution is 2.40. The second-order valence-electron chi connectivity index (χ2n) is 2.75. The molecule has 70 valence electrons. The van der Waals surface area contributed by atoms with Gasteiger partial charge in [-0.1, -0.05) is 21.1 Å². The van der Waals surface area contributed by atoms with Gasteiger partial charge in [-0.05, 0) is 24.3 Å². The lowest BCUT2D eigenvalue weighted by Crippen LogP contribution is -2.12. The fourth-order valence-corrected chi connectivity index (χ4v) is 3.14. The minimum absolute atomic E-state index is 0.476. The maximum atomic E-state index is 4.32. The van der Waals surface area contributed by atoms with Crippen molar-refractivity contribution in [1.29, 1.82) is 0 Å². The van der Waals surface area contributed by atoms with Crippen molar-refractivity contribution in [3.63, 3.8) is 0 Å². The average molecular weight is 220 g/mol. The van der Waals surface area contributed by atoms with Gasteiger partial charge in [-0.3, -0.25) is 9.97 Å². The number of nitrogens with zero attached hydrogens (tertiary/aromatic N) is 2. The molecule has 0 fully saturated rings. The molecule has 0 aliphatic carbocycles. The summed E-state index contributed by atoms with van der Waals surface area (Å²) in [7, 11) is 2.35. The van der Waals surface area contributed by atoms with Gasteiger partial charge in [-0.25, -0.2) is 0 Å². The van der Waals surface area contributed by atoms with Crippen LogP contribution in [-0.4, -0.2) is 9.97 Å². The van der Waals surface area contributed by atoms with Crippen LogP contribution in [0.5, 0.6) is 0 Å². The quantitative estimate of drug-likeness (QED) is 0.720. The van der Waals surface area contributed by atoms with E-state index in [1.807, 2.05) is 48.8 Å². The highest BCUT2D eigenvalue weighted by molar-refractivity contribution is 8.21. The molecule has 4 heteroatoms. The monoisotopic (exact) mass is 220 g/mol. The van der Waals surface area contributed by atoms with Crippen molar-refractivity contribution in [2.45, 2.75) is 0 Å². The maximum absolute atomic E-state index is 4.32. The fourth-order valence-electron chi connectivity index (χ4n) is 1.11. The lowest BCUT2D eigenvalue weighted by molar-refractivity contribution is 1.37. The van der Waals surface area contributed by atoms with E-state index in [0.717, 1.165) is 10.9 Å². The summed E-state index contributed by atoms with van der Waals surface area (Å²) in [5.74, 6) is 0. The Kier molecular flexibility index (Phi) is 3.18. The molecule has 2 nitrogen and oxygen atoms in total. The van der Waals surface area contributed by atoms with Crippen LogP contribution in [0, 0.1) is 0 Å². The molecular formula is C10H10N2P2. The predicted octanol–water partition coefficient (Wildman–Crippen LogP) is 1.70. The predicted molar refractivity (Wildman–Crippen MR) is 64.4 cm³/mol. The fraction of sp³-hybridized carbons (Fsp3) is 0. The number of hydrogen-bond acceptors (Lipinski definition) is 2. The van der Waals surface area contributed by atoms with E-state index in [2.05, 4.69) is 18.9 Å². The zero-order valence-electron chi connectivity index (χ0n) is 7.54. The lowest BCUT2D eigenvalue weighted by Gasteiger charge is -2.09. The van der Waals surface area contributed by atoms with Crippen molar-refractivity contribution >= 4 is 27.4 Å². The van der Waals surface area contributed by atoms with Crippen molar-refractivity contribution in [1.82, 2.24) is 9.97 Å². The molecule has 0 saturated carbocycles. The molecule has 0 N–H and O–H groups in total. The van der Waals surface area contributed by atoms with E-state index in [4.69, 9.17) is 0 Å². The van der Waals surface area contributed by atoms with E-state index >= 15 is 0 Å². The number of hydrogen-bond donors (Lipinski definition) is 0. The third-order valence-corrected chi connectivity index (χ3v) is 4.90. The lowest BCUT2D eigenvalue weighted by atomic mass is 10.5. The van der Waals surface area contributed by atoms with Gasteiger partial charge in [0.15, 0.2) is 0 Å². The first-order chi connectivity index (χ1) is 6.88. The largest absolute Gasteiger partial charge is 0.256 e. The molecule has 2 aromatic rings. The standard InChI is InChI=1S/C10H10N2P2/c13-14(9-5-1-3-7-11-9)10-6-2-4-8-12-10/h1-8H,13H2. The van der Waals surface area contributed by atoms with Gasteiger partial charge in [0.1, 0.15) is 0 Å². The van der Waals surface area contributed by atoms with Crippen molar-refractivity contribution in [2.75, 3.05) is 0 Å². The Balaban J connectivity index is 2.30. The van der Waals surface area contributed by atoms with Crippen LogP contribution >= 0.6 is 16.5 Å². The third-order valence-electron chi connectivity index (χ3n) is 1.79. The number of rotatable bonds is 2. The Hall–Kier alpha value is -0.840.